The Balaban J connectivity index is 1.98. The summed E-state index contributed by atoms with van der Waals surface area (Å²) in [5.74, 6) is -0.560. The van der Waals surface area contributed by atoms with Gasteiger partial charge in [-0.05, 0) is 16.0 Å². The van der Waals surface area contributed by atoms with E-state index in [9.17, 15) is 23.1 Å². The van der Waals surface area contributed by atoms with Crippen molar-refractivity contribution in [1.29, 1.82) is 0 Å². The smallest absolute Gasteiger partial charge is 0.376 e. The van der Waals surface area contributed by atoms with E-state index in [2.05, 4.69) is 20.8 Å². The van der Waals surface area contributed by atoms with Crippen LogP contribution in [0.3, 0.4) is 0 Å². The maximum Gasteiger partial charge on any atom is 0.421 e. The molecule has 1 unspecified atom stereocenters. The van der Waals surface area contributed by atoms with Gasteiger partial charge in [-0.3, -0.25) is 4.79 Å². The van der Waals surface area contributed by atoms with Crippen molar-refractivity contribution in [1.82, 2.24) is 25.5 Å². The zero-order chi connectivity index (χ0) is 16.9. The summed E-state index contributed by atoms with van der Waals surface area (Å²) in [7, 11) is 0. The third-order valence-electron chi connectivity index (χ3n) is 3.23. The van der Waals surface area contributed by atoms with Crippen molar-refractivity contribution in [3.8, 4) is 0 Å². The molecule has 1 aromatic heterocycles. The van der Waals surface area contributed by atoms with Gasteiger partial charge in [0.25, 0.3) is 0 Å². The van der Waals surface area contributed by atoms with Crippen molar-refractivity contribution in [2.45, 2.75) is 24.7 Å². The Morgan fingerprint density at radius 3 is 2.52 bits per heavy atom. The molecule has 0 aliphatic carbocycles. The van der Waals surface area contributed by atoms with E-state index >= 15 is 0 Å². The third-order valence-corrected chi connectivity index (χ3v) is 3.23. The lowest BCUT2D eigenvalue weighted by Crippen LogP contribution is -2.45. The predicted molar refractivity (Wildman–Crippen MR) is 71.8 cm³/mol. The monoisotopic (exact) mass is 329 g/mol. The first kappa shape index (κ1) is 16.9. The normalized spacial score (nSPS) is 14.3. The van der Waals surface area contributed by atoms with Gasteiger partial charge in [0.2, 0.25) is 5.91 Å². The van der Waals surface area contributed by atoms with E-state index in [1.807, 2.05) is 0 Å². The molecule has 1 heterocycles. The van der Waals surface area contributed by atoms with Gasteiger partial charge in [-0.1, -0.05) is 30.3 Å². The summed E-state index contributed by atoms with van der Waals surface area (Å²) in [5, 5.41) is 22.5. The molecular weight excluding hydrogens is 315 g/mol. The summed E-state index contributed by atoms with van der Waals surface area (Å²) in [6, 6.07) is 6.74. The Morgan fingerprint density at radius 2 is 1.96 bits per heavy atom. The third kappa shape index (κ3) is 4.03. The Kier molecular flexibility index (Phi) is 4.94. The number of carbonyl (C=O) groups is 1. The number of aromatic nitrogens is 4. The fourth-order valence-corrected chi connectivity index (χ4v) is 2.00. The molecule has 2 rings (SSSR count). The Labute approximate surface area is 129 Å². The lowest BCUT2D eigenvalue weighted by Gasteiger charge is -2.31. The van der Waals surface area contributed by atoms with E-state index in [-0.39, 0.29) is 18.7 Å². The van der Waals surface area contributed by atoms with Crippen LogP contribution >= 0.6 is 0 Å². The molecule has 7 nitrogen and oxygen atoms in total. The number of nitrogens with zero attached hydrogens (tertiary/aromatic N) is 4. The highest BCUT2D eigenvalue weighted by Gasteiger charge is 2.54. The van der Waals surface area contributed by atoms with Gasteiger partial charge in [-0.2, -0.15) is 13.2 Å². The SMILES string of the molecule is O=C(Cn1cnnn1)NCCC(O)(c1ccccc1)C(F)(F)F. The molecule has 0 bridgehead atoms. The number of halogens is 3. The number of amides is 1. The van der Waals surface area contributed by atoms with Crippen molar-refractivity contribution >= 4 is 5.91 Å². The highest BCUT2D eigenvalue weighted by Crippen LogP contribution is 2.41. The van der Waals surface area contributed by atoms with Crippen LogP contribution in [-0.4, -0.2) is 43.9 Å². The summed E-state index contributed by atoms with van der Waals surface area (Å²) in [4.78, 5) is 11.6. The number of benzene rings is 1. The lowest BCUT2D eigenvalue weighted by atomic mass is 9.89. The van der Waals surface area contributed by atoms with Crippen LogP contribution in [-0.2, 0) is 16.9 Å². The molecule has 0 aliphatic rings. The van der Waals surface area contributed by atoms with E-state index in [0.29, 0.717) is 0 Å². The average molecular weight is 329 g/mol. The van der Waals surface area contributed by atoms with Crippen molar-refractivity contribution in [2.75, 3.05) is 6.54 Å². The molecule has 1 amide bonds. The van der Waals surface area contributed by atoms with Gasteiger partial charge in [0, 0.05) is 13.0 Å². The molecule has 10 heteroatoms. The molecule has 1 atom stereocenters. The van der Waals surface area contributed by atoms with Crippen LogP contribution in [0.15, 0.2) is 36.7 Å². The van der Waals surface area contributed by atoms with Gasteiger partial charge in [-0.15, -0.1) is 5.10 Å². The van der Waals surface area contributed by atoms with E-state index in [4.69, 9.17) is 0 Å². The first-order valence-corrected chi connectivity index (χ1v) is 6.65. The molecule has 0 aliphatic heterocycles. The van der Waals surface area contributed by atoms with Gasteiger partial charge in [0.05, 0.1) is 0 Å². The minimum absolute atomic E-state index is 0.219. The summed E-state index contributed by atoms with van der Waals surface area (Å²) >= 11 is 0. The second-order valence-electron chi connectivity index (χ2n) is 4.83. The zero-order valence-electron chi connectivity index (χ0n) is 11.9. The molecule has 0 saturated heterocycles. The molecule has 2 N–H and O–H groups in total. The first-order valence-electron chi connectivity index (χ1n) is 6.65. The van der Waals surface area contributed by atoms with Crippen molar-refractivity contribution in [3.63, 3.8) is 0 Å². The predicted octanol–water partition coefficient (Wildman–Crippen LogP) is 0.630. The van der Waals surface area contributed by atoms with Crippen molar-refractivity contribution in [3.05, 3.63) is 42.2 Å². The highest BCUT2D eigenvalue weighted by molar-refractivity contribution is 5.75. The van der Waals surface area contributed by atoms with Crippen LogP contribution < -0.4 is 5.32 Å². The highest BCUT2D eigenvalue weighted by atomic mass is 19.4. The van der Waals surface area contributed by atoms with Crippen molar-refractivity contribution < 1.29 is 23.1 Å². The molecular formula is C13H14F3N5O2. The average Bonchev–Trinajstić information content (AvgIpc) is 2.99. The van der Waals surface area contributed by atoms with Crippen LogP contribution in [0.2, 0.25) is 0 Å². The van der Waals surface area contributed by atoms with E-state index in [1.54, 1.807) is 6.07 Å². The van der Waals surface area contributed by atoms with E-state index in [0.717, 1.165) is 4.68 Å². The number of aliphatic hydroxyl groups is 1. The number of rotatable bonds is 6. The quantitative estimate of drug-likeness (QED) is 0.811. The number of tetrazole rings is 1. The number of nitrogens with one attached hydrogen (secondary N) is 1. The molecule has 1 aromatic carbocycles. The molecule has 0 fully saturated rings. The van der Waals surface area contributed by atoms with Gasteiger partial charge in [0.15, 0.2) is 5.60 Å². The Bertz CT molecular complexity index is 633. The standard InChI is InChI=1S/C13H14F3N5O2/c14-13(15,16)12(23,10-4-2-1-3-5-10)6-7-17-11(22)8-21-9-18-19-20-21/h1-5,9,23H,6-8H2,(H,17,22). The van der Waals surface area contributed by atoms with Gasteiger partial charge < -0.3 is 10.4 Å². The van der Waals surface area contributed by atoms with Crippen LogP contribution in [0.4, 0.5) is 13.2 Å². The van der Waals surface area contributed by atoms with Crippen molar-refractivity contribution in [2.24, 2.45) is 0 Å². The largest absolute Gasteiger partial charge is 0.421 e. The first-order chi connectivity index (χ1) is 10.8. The minimum Gasteiger partial charge on any atom is -0.376 e. The van der Waals surface area contributed by atoms with Gasteiger partial charge in [-0.25, -0.2) is 4.68 Å². The molecule has 124 valence electrons. The topological polar surface area (TPSA) is 92.9 Å². The van der Waals surface area contributed by atoms with Gasteiger partial charge >= 0.3 is 6.18 Å². The lowest BCUT2D eigenvalue weighted by molar-refractivity contribution is -0.268. The fraction of sp³-hybridized carbons (Fsp3) is 0.385. The Hall–Kier alpha value is -2.49. The summed E-state index contributed by atoms with van der Waals surface area (Å²) in [6.45, 7) is -0.575. The summed E-state index contributed by atoms with van der Waals surface area (Å²) in [6.07, 6.45) is -4.37. The number of hydrogen-bond donors (Lipinski definition) is 2. The zero-order valence-corrected chi connectivity index (χ0v) is 11.9. The maximum absolute atomic E-state index is 13.2. The number of hydrogen-bond acceptors (Lipinski definition) is 5. The second-order valence-corrected chi connectivity index (χ2v) is 4.83. The van der Waals surface area contributed by atoms with Crippen LogP contribution in [0.25, 0.3) is 0 Å². The molecule has 0 radical (unpaired) electrons. The summed E-state index contributed by atoms with van der Waals surface area (Å²) in [5.41, 5.74) is -3.31. The molecule has 0 saturated carbocycles. The molecule has 23 heavy (non-hydrogen) atoms. The molecule has 2 aromatic rings. The minimum atomic E-state index is -4.87. The number of carbonyl (C=O) groups excluding carboxylic acids is 1. The van der Waals surface area contributed by atoms with E-state index in [1.165, 1.54) is 30.6 Å². The second kappa shape index (κ2) is 6.73. The van der Waals surface area contributed by atoms with Crippen LogP contribution in [0.5, 0.6) is 0 Å². The van der Waals surface area contributed by atoms with E-state index < -0.39 is 24.1 Å². The fourth-order valence-electron chi connectivity index (χ4n) is 2.00. The van der Waals surface area contributed by atoms with Crippen LogP contribution in [0, 0.1) is 0 Å². The van der Waals surface area contributed by atoms with Crippen LogP contribution in [0.1, 0.15) is 12.0 Å². The maximum atomic E-state index is 13.2. The molecule has 0 spiro atoms. The Morgan fingerprint density at radius 1 is 1.26 bits per heavy atom. The summed E-state index contributed by atoms with van der Waals surface area (Å²) < 4.78 is 40.8. The number of alkyl halides is 3. The van der Waals surface area contributed by atoms with Gasteiger partial charge in [0.1, 0.15) is 12.9 Å².